The predicted molar refractivity (Wildman–Crippen MR) is 127 cm³/mol. The lowest BCUT2D eigenvalue weighted by atomic mass is 10.0. The Morgan fingerprint density at radius 3 is 1.77 bits per heavy atom. The number of Topliss-reactive ketones (excluding diaryl/α,β-unsaturated/α-hetero) is 1. The molecule has 0 saturated carbocycles. The number of rotatable bonds is 16. The number of benzene rings is 2. The topological polar surface area (TPSA) is 60.4 Å². The Bertz CT molecular complexity index is 847. The van der Waals surface area contributed by atoms with Gasteiger partial charge in [0.1, 0.15) is 0 Å². The molecule has 0 spiro atoms. The lowest BCUT2D eigenvalue weighted by molar-refractivity contribution is 0.0801. The van der Waals surface area contributed by atoms with Crippen LogP contribution in [0.1, 0.15) is 93.2 Å². The fourth-order valence-corrected chi connectivity index (χ4v) is 4.74. The van der Waals surface area contributed by atoms with Crippen LogP contribution in [0, 0.1) is 0 Å². The Morgan fingerprint density at radius 1 is 0.742 bits per heavy atom. The highest BCUT2D eigenvalue weighted by molar-refractivity contribution is 7.86. The standard InChI is InChI=1S/C26H36O4S/c1-2-3-4-5-6-7-8-9-10-17-22-31(28,29)30-26(24-20-15-12-16-21-24)25(27)23-18-13-11-14-19-23/h11-16,18-21,26H,2-10,17,22H2,1H3. The van der Waals surface area contributed by atoms with Gasteiger partial charge in [0.2, 0.25) is 0 Å². The molecule has 0 radical (unpaired) electrons. The summed E-state index contributed by atoms with van der Waals surface area (Å²) in [5.41, 5.74) is 0.980. The van der Waals surface area contributed by atoms with Gasteiger partial charge >= 0.3 is 0 Å². The first-order valence-corrected chi connectivity index (χ1v) is 13.2. The second-order valence-corrected chi connectivity index (χ2v) is 9.78. The van der Waals surface area contributed by atoms with E-state index in [1.807, 2.05) is 12.1 Å². The Kier molecular flexibility index (Phi) is 11.5. The molecule has 2 aromatic rings. The molecule has 0 bridgehead atoms. The Labute approximate surface area is 188 Å². The van der Waals surface area contributed by atoms with Crippen molar-refractivity contribution < 1.29 is 17.4 Å². The first-order valence-electron chi connectivity index (χ1n) is 11.6. The van der Waals surface area contributed by atoms with Crippen LogP contribution < -0.4 is 0 Å². The van der Waals surface area contributed by atoms with Gasteiger partial charge in [0, 0.05) is 5.56 Å². The van der Waals surface area contributed by atoms with Crippen LogP contribution in [0.3, 0.4) is 0 Å². The first-order chi connectivity index (χ1) is 15.0. The van der Waals surface area contributed by atoms with Gasteiger partial charge in [0.25, 0.3) is 10.1 Å². The van der Waals surface area contributed by atoms with E-state index in [1.165, 1.54) is 38.5 Å². The maximum atomic E-state index is 13.0. The van der Waals surface area contributed by atoms with Gasteiger partial charge in [-0.2, -0.15) is 8.42 Å². The molecule has 2 rings (SSSR count). The number of carbonyl (C=O) groups excluding carboxylic acids is 1. The summed E-state index contributed by atoms with van der Waals surface area (Å²) in [7, 11) is -3.81. The van der Waals surface area contributed by atoms with E-state index in [0.717, 1.165) is 19.3 Å². The first kappa shape index (κ1) is 25.3. The van der Waals surface area contributed by atoms with Gasteiger partial charge in [0.15, 0.2) is 11.9 Å². The highest BCUT2D eigenvalue weighted by Gasteiger charge is 2.28. The zero-order valence-electron chi connectivity index (χ0n) is 18.7. The molecular formula is C26H36O4S. The van der Waals surface area contributed by atoms with Crippen molar-refractivity contribution in [1.82, 2.24) is 0 Å². The average molecular weight is 445 g/mol. The molecule has 0 amide bonds. The van der Waals surface area contributed by atoms with Crippen LogP contribution in [0.5, 0.6) is 0 Å². The van der Waals surface area contributed by atoms with Gasteiger partial charge in [-0.15, -0.1) is 0 Å². The summed E-state index contributed by atoms with van der Waals surface area (Å²) in [6, 6.07) is 17.5. The van der Waals surface area contributed by atoms with E-state index < -0.39 is 16.2 Å². The molecule has 31 heavy (non-hydrogen) atoms. The Balaban J connectivity index is 1.84. The van der Waals surface area contributed by atoms with Crippen molar-refractivity contribution in [2.45, 2.75) is 77.2 Å². The van der Waals surface area contributed by atoms with Crippen molar-refractivity contribution in [3.05, 3.63) is 71.8 Å². The zero-order valence-corrected chi connectivity index (χ0v) is 19.5. The monoisotopic (exact) mass is 444 g/mol. The van der Waals surface area contributed by atoms with Crippen molar-refractivity contribution in [3.8, 4) is 0 Å². The third kappa shape index (κ3) is 9.79. The molecule has 0 aromatic heterocycles. The lowest BCUT2D eigenvalue weighted by Gasteiger charge is -2.17. The van der Waals surface area contributed by atoms with Crippen LogP contribution in [0.15, 0.2) is 60.7 Å². The molecule has 170 valence electrons. The van der Waals surface area contributed by atoms with E-state index in [9.17, 15) is 13.2 Å². The van der Waals surface area contributed by atoms with Gasteiger partial charge in [-0.25, -0.2) is 0 Å². The minimum atomic E-state index is -3.81. The highest BCUT2D eigenvalue weighted by atomic mass is 32.2. The maximum Gasteiger partial charge on any atom is 0.268 e. The van der Waals surface area contributed by atoms with Crippen LogP contribution in [-0.2, 0) is 14.3 Å². The summed E-state index contributed by atoms with van der Waals surface area (Å²) in [6.07, 6.45) is 10.1. The summed E-state index contributed by atoms with van der Waals surface area (Å²) in [5, 5.41) is 0. The van der Waals surface area contributed by atoms with Crippen LogP contribution in [0.4, 0.5) is 0 Å². The zero-order chi connectivity index (χ0) is 22.4. The van der Waals surface area contributed by atoms with Crippen molar-refractivity contribution in [2.24, 2.45) is 0 Å². The molecule has 5 heteroatoms. The Morgan fingerprint density at radius 2 is 1.23 bits per heavy atom. The second-order valence-electron chi connectivity index (χ2n) is 8.06. The maximum absolute atomic E-state index is 13.0. The van der Waals surface area contributed by atoms with E-state index in [4.69, 9.17) is 4.18 Å². The van der Waals surface area contributed by atoms with Gasteiger partial charge in [-0.1, -0.05) is 125 Å². The molecule has 4 nitrogen and oxygen atoms in total. The van der Waals surface area contributed by atoms with Crippen molar-refractivity contribution >= 4 is 15.9 Å². The minimum absolute atomic E-state index is 0.0606. The van der Waals surface area contributed by atoms with Crippen LogP contribution >= 0.6 is 0 Å². The van der Waals surface area contributed by atoms with Crippen molar-refractivity contribution in [2.75, 3.05) is 5.75 Å². The molecule has 1 unspecified atom stereocenters. The number of unbranched alkanes of at least 4 members (excludes halogenated alkanes) is 9. The molecule has 0 aliphatic rings. The predicted octanol–water partition coefficient (Wildman–Crippen LogP) is 6.88. The number of hydrogen-bond donors (Lipinski definition) is 0. The van der Waals surface area contributed by atoms with Crippen LogP contribution in [-0.4, -0.2) is 20.0 Å². The fraction of sp³-hybridized carbons (Fsp3) is 0.500. The average Bonchev–Trinajstić information content (AvgIpc) is 2.79. The molecule has 0 heterocycles. The van der Waals surface area contributed by atoms with Crippen molar-refractivity contribution in [3.63, 3.8) is 0 Å². The lowest BCUT2D eigenvalue weighted by Crippen LogP contribution is -2.22. The largest absolute Gasteiger partial charge is 0.291 e. The summed E-state index contributed by atoms with van der Waals surface area (Å²) < 4.78 is 30.7. The normalized spacial score (nSPS) is 12.5. The summed E-state index contributed by atoms with van der Waals surface area (Å²) in [6.45, 7) is 2.22. The molecular weight excluding hydrogens is 408 g/mol. The second kappa shape index (κ2) is 14.2. The van der Waals surface area contributed by atoms with Crippen LogP contribution in [0.2, 0.25) is 0 Å². The third-order valence-electron chi connectivity index (χ3n) is 5.39. The SMILES string of the molecule is CCCCCCCCCCCCS(=O)(=O)OC(C(=O)c1ccccc1)c1ccccc1. The molecule has 1 atom stereocenters. The van der Waals surface area contributed by atoms with Gasteiger partial charge in [-0.05, 0) is 12.0 Å². The molecule has 2 aromatic carbocycles. The molecule has 0 aliphatic heterocycles. The summed E-state index contributed by atoms with van der Waals surface area (Å²) in [4.78, 5) is 13.0. The van der Waals surface area contributed by atoms with E-state index in [-0.39, 0.29) is 11.5 Å². The smallest absolute Gasteiger partial charge is 0.268 e. The van der Waals surface area contributed by atoms with Crippen molar-refractivity contribution in [1.29, 1.82) is 0 Å². The molecule has 0 N–H and O–H groups in total. The summed E-state index contributed by atoms with van der Waals surface area (Å²) in [5.74, 6) is -0.409. The quantitative estimate of drug-likeness (QED) is 0.161. The van der Waals surface area contributed by atoms with Gasteiger partial charge in [-0.3, -0.25) is 8.98 Å². The fourth-order valence-electron chi connectivity index (χ4n) is 3.59. The number of ketones is 1. The Hall–Kier alpha value is -1.98. The molecule has 0 saturated heterocycles. The van der Waals surface area contributed by atoms with E-state index in [0.29, 0.717) is 17.5 Å². The van der Waals surface area contributed by atoms with E-state index >= 15 is 0 Å². The number of hydrogen-bond acceptors (Lipinski definition) is 4. The minimum Gasteiger partial charge on any atom is -0.291 e. The summed E-state index contributed by atoms with van der Waals surface area (Å²) >= 11 is 0. The molecule has 0 aliphatic carbocycles. The number of carbonyl (C=O) groups is 1. The van der Waals surface area contributed by atoms with E-state index in [1.54, 1.807) is 48.5 Å². The van der Waals surface area contributed by atoms with Crippen LogP contribution in [0.25, 0.3) is 0 Å². The van der Waals surface area contributed by atoms with E-state index in [2.05, 4.69) is 6.92 Å². The van der Waals surface area contributed by atoms with Gasteiger partial charge in [0.05, 0.1) is 5.75 Å². The highest BCUT2D eigenvalue weighted by Crippen LogP contribution is 2.25. The van der Waals surface area contributed by atoms with Gasteiger partial charge < -0.3 is 0 Å². The third-order valence-corrected chi connectivity index (χ3v) is 6.66. The molecule has 0 fully saturated rings.